The minimum Gasteiger partial charge on any atom is -0.440 e. The van der Waals surface area contributed by atoms with Gasteiger partial charge < -0.3 is 10.5 Å². The molecule has 0 bridgehead atoms. The van der Waals surface area contributed by atoms with Crippen LogP contribution in [0, 0.1) is 11.3 Å². The molecular weight excluding hydrogens is 356 g/mol. The van der Waals surface area contributed by atoms with Gasteiger partial charge in [0.25, 0.3) is 0 Å². The number of nitrogens with two attached hydrogens (primary N) is 1. The van der Waals surface area contributed by atoms with Crippen LogP contribution >= 0.6 is 0 Å². The van der Waals surface area contributed by atoms with Crippen molar-refractivity contribution in [2.45, 2.75) is 64.2 Å². The number of benzene rings is 2. The number of anilines is 1. The number of nitrogens with one attached hydrogen (secondary N) is 1. The van der Waals surface area contributed by atoms with Gasteiger partial charge in [-0.1, -0.05) is 56.9 Å². The third-order valence-corrected chi connectivity index (χ3v) is 6.01. The summed E-state index contributed by atoms with van der Waals surface area (Å²) in [6.45, 7) is 2.28. The van der Waals surface area contributed by atoms with Crippen LogP contribution in [0.25, 0.3) is 6.08 Å². The van der Waals surface area contributed by atoms with Gasteiger partial charge in [-0.2, -0.15) is 0 Å². The van der Waals surface area contributed by atoms with E-state index in [-0.39, 0.29) is 5.90 Å². The minimum atomic E-state index is 0.111. The average Bonchev–Trinajstić information content (AvgIpc) is 2.75. The highest BCUT2D eigenvalue weighted by Gasteiger charge is 2.21. The predicted molar refractivity (Wildman–Crippen MR) is 124 cm³/mol. The Morgan fingerprint density at radius 3 is 2.34 bits per heavy atom. The van der Waals surface area contributed by atoms with Gasteiger partial charge in [-0.25, -0.2) is 0 Å². The van der Waals surface area contributed by atoms with Crippen LogP contribution in [0.15, 0.2) is 54.6 Å². The second-order valence-corrected chi connectivity index (χ2v) is 8.25. The molecule has 2 aromatic rings. The molecule has 3 N–H and O–H groups in total. The van der Waals surface area contributed by atoms with Crippen LogP contribution in [0.1, 0.15) is 75.3 Å². The molecule has 29 heavy (non-hydrogen) atoms. The second kappa shape index (κ2) is 10.8. The van der Waals surface area contributed by atoms with Crippen LogP contribution in [-0.2, 0) is 0 Å². The Kier molecular flexibility index (Phi) is 7.92. The van der Waals surface area contributed by atoms with Crippen LogP contribution in [0.5, 0.6) is 5.75 Å². The fraction of sp³-hybridized carbons (Fsp3) is 0.423. The van der Waals surface area contributed by atoms with Gasteiger partial charge in [0.05, 0.1) is 0 Å². The van der Waals surface area contributed by atoms with Crippen LogP contribution in [0.2, 0.25) is 0 Å². The standard InChI is InChI=1S/C26H34N2O/c1-2-3-4-5-20-6-11-22(12-7-20)23-13-8-21(9-14-23)10-19-26(28)29-25-17-15-24(27)16-18-25/h8-10,13-20,22,28H,2-7,11-12,27H2,1H3/b19-10+,28-26?. The first-order chi connectivity index (χ1) is 14.1. The SMILES string of the molecule is CCCCCC1CCC(c2ccc(/C=C/C(=N)Oc3ccc(N)cc3)cc2)CC1. The fourth-order valence-electron chi connectivity index (χ4n) is 4.22. The molecule has 0 unspecified atom stereocenters. The molecule has 3 heteroatoms. The third kappa shape index (κ3) is 6.77. The maximum absolute atomic E-state index is 7.97. The summed E-state index contributed by atoms with van der Waals surface area (Å²) in [7, 11) is 0. The van der Waals surface area contributed by atoms with Crippen LogP contribution in [0.3, 0.4) is 0 Å². The largest absolute Gasteiger partial charge is 0.440 e. The molecular formula is C26H34N2O. The lowest BCUT2D eigenvalue weighted by molar-refractivity contribution is 0.303. The van der Waals surface area contributed by atoms with Crippen LogP contribution in [0.4, 0.5) is 5.69 Å². The Balaban J connectivity index is 1.47. The Morgan fingerprint density at radius 1 is 1.00 bits per heavy atom. The van der Waals surface area contributed by atoms with Crippen molar-refractivity contribution in [2.24, 2.45) is 5.92 Å². The number of nitrogen functional groups attached to an aromatic ring is 1. The summed E-state index contributed by atoms with van der Waals surface area (Å²) >= 11 is 0. The molecule has 0 radical (unpaired) electrons. The normalized spacial score (nSPS) is 19.3. The van der Waals surface area contributed by atoms with Crippen molar-refractivity contribution >= 4 is 17.7 Å². The fourth-order valence-corrected chi connectivity index (χ4v) is 4.22. The van der Waals surface area contributed by atoms with Crippen molar-refractivity contribution in [1.82, 2.24) is 0 Å². The lowest BCUT2D eigenvalue weighted by Gasteiger charge is -2.29. The highest BCUT2D eigenvalue weighted by Crippen LogP contribution is 2.37. The maximum atomic E-state index is 7.97. The third-order valence-electron chi connectivity index (χ3n) is 6.01. The van der Waals surface area contributed by atoms with E-state index >= 15 is 0 Å². The first kappa shape index (κ1) is 21.2. The molecule has 0 aliphatic heterocycles. The molecule has 0 spiro atoms. The molecule has 0 aromatic heterocycles. The molecule has 0 amide bonds. The van der Waals surface area contributed by atoms with Crippen molar-refractivity contribution in [1.29, 1.82) is 5.41 Å². The van der Waals surface area contributed by atoms with Gasteiger partial charge in [0.2, 0.25) is 5.90 Å². The molecule has 1 aliphatic rings. The summed E-state index contributed by atoms with van der Waals surface area (Å²) in [6.07, 6.45) is 14.6. The van der Waals surface area contributed by atoms with E-state index in [0.717, 1.165) is 11.5 Å². The van der Waals surface area contributed by atoms with Crippen molar-refractivity contribution < 1.29 is 4.74 Å². The Hall–Kier alpha value is -2.55. The summed E-state index contributed by atoms with van der Waals surface area (Å²) < 4.78 is 5.50. The molecule has 3 rings (SSSR count). The van der Waals surface area contributed by atoms with Gasteiger partial charge in [-0.3, -0.25) is 5.41 Å². The Bertz CT molecular complexity index is 784. The molecule has 0 heterocycles. The molecule has 1 aliphatic carbocycles. The molecule has 2 aromatic carbocycles. The first-order valence-corrected chi connectivity index (χ1v) is 11.0. The van der Waals surface area contributed by atoms with E-state index in [2.05, 4.69) is 31.2 Å². The lowest BCUT2D eigenvalue weighted by Crippen LogP contribution is -2.13. The second-order valence-electron chi connectivity index (χ2n) is 8.25. The maximum Gasteiger partial charge on any atom is 0.211 e. The zero-order chi connectivity index (χ0) is 20.5. The van der Waals surface area contributed by atoms with Gasteiger partial charge in [-0.05, 0) is 79.0 Å². The van der Waals surface area contributed by atoms with Crippen molar-refractivity contribution in [3.63, 3.8) is 0 Å². The number of unbranched alkanes of at least 4 members (excludes halogenated alkanes) is 2. The molecule has 0 atom stereocenters. The highest BCUT2D eigenvalue weighted by atomic mass is 16.5. The molecule has 1 fully saturated rings. The quantitative estimate of drug-likeness (QED) is 0.217. The van der Waals surface area contributed by atoms with E-state index in [1.807, 2.05) is 6.08 Å². The number of ether oxygens (including phenoxy) is 1. The van der Waals surface area contributed by atoms with E-state index in [1.165, 1.54) is 56.9 Å². The lowest BCUT2D eigenvalue weighted by atomic mass is 9.77. The first-order valence-electron chi connectivity index (χ1n) is 11.0. The van der Waals surface area contributed by atoms with E-state index < -0.39 is 0 Å². The van der Waals surface area contributed by atoms with E-state index in [0.29, 0.717) is 17.4 Å². The minimum absolute atomic E-state index is 0.111. The van der Waals surface area contributed by atoms with Crippen LogP contribution in [-0.4, -0.2) is 5.90 Å². The van der Waals surface area contributed by atoms with Gasteiger partial charge in [0.15, 0.2) is 0 Å². The van der Waals surface area contributed by atoms with E-state index in [4.69, 9.17) is 15.9 Å². The van der Waals surface area contributed by atoms with Crippen molar-refractivity contribution in [3.05, 3.63) is 65.7 Å². The van der Waals surface area contributed by atoms with Gasteiger partial charge in [0.1, 0.15) is 5.75 Å². The van der Waals surface area contributed by atoms with Gasteiger partial charge in [0, 0.05) is 11.8 Å². The zero-order valence-electron chi connectivity index (χ0n) is 17.6. The number of rotatable bonds is 8. The van der Waals surface area contributed by atoms with Gasteiger partial charge >= 0.3 is 0 Å². The smallest absolute Gasteiger partial charge is 0.211 e. The summed E-state index contributed by atoms with van der Waals surface area (Å²) in [5, 5.41) is 7.97. The number of hydrogen-bond acceptors (Lipinski definition) is 3. The highest BCUT2D eigenvalue weighted by molar-refractivity contribution is 5.91. The molecule has 154 valence electrons. The average molecular weight is 391 g/mol. The summed E-state index contributed by atoms with van der Waals surface area (Å²) in [6, 6.07) is 15.9. The van der Waals surface area contributed by atoms with Crippen molar-refractivity contribution in [3.8, 4) is 5.75 Å². The topological polar surface area (TPSA) is 59.1 Å². The summed E-state index contributed by atoms with van der Waals surface area (Å²) in [5.74, 6) is 2.39. The molecule has 3 nitrogen and oxygen atoms in total. The van der Waals surface area contributed by atoms with E-state index in [1.54, 1.807) is 30.3 Å². The number of hydrogen-bond donors (Lipinski definition) is 2. The Morgan fingerprint density at radius 2 is 1.69 bits per heavy atom. The zero-order valence-corrected chi connectivity index (χ0v) is 17.6. The molecule has 0 saturated heterocycles. The Labute approximate surface area is 175 Å². The monoisotopic (exact) mass is 390 g/mol. The summed E-state index contributed by atoms with van der Waals surface area (Å²) in [5.41, 5.74) is 8.90. The van der Waals surface area contributed by atoms with Crippen molar-refractivity contribution in [2.75, 3.05) is 5.73 Å². The predicted octanol–water partition coefficient (Wildman–Crippen LogP) is 7.19. The molecule has 1 saturated carbocycles. The summed E-state index contributed by atoms with van der Waals surface area (Å²) in [4.78, 5) is 0. The van der Waals surface area contributed by atoms with Crippen LogP contribution < -0.4 is 10.5 Å². The van der Waals surface area contributed by atoms with Gasteiger partial charge in [-0.15, -0.1) is 0 Å². The van der Waals surface area contributed by atoms with E-state index in [9.17, 15) is 0 Å².